The largest absolute Gasteiger partial charge is 0.489 e. The Hall–Kier alpha value is -0.990. The topological polar surface area (TPSA) is 21.3 Å². The van der Waals surface area contributed by atoms with Crippen LogP contribution < -0.4 is 10.1 Å². The first-order valence-corrected chi connectivity index (χ1v) is 5.37. The van der Waals surface area contributed by atoms with Gasteiger partial charge < -0.3 is 10.1 Å². The Morgan fingerprint density at radius 1 is 1.53 bits per heavy atom. The van der Waals surface area contributed by atoms with E-state index < -0.39 is 0 Å². The third-order valence-corrected chi connectivity index (χ3v) is 2.40. The van der Waals surface area contributed by atoms with Crippen LogP contribution >= 0.6 is 11.6 Å². The maximum atomic E-state index is 5.48. The predicted molar refractivity (Wildman–Crippen MR) is 64.4 cm³/mol. The van der Waals surface area contributed by atoms with Crippen LogP contribution in [0, 0.1) is 0 Å². The normalized spacial score (nSPS) is 13.0. The van der Waals surface area contributed by atoms with Crippen molar-refractivity contribution in [2.75, 3.05) is 13.7 Å². The van der Waals surface area contributed by atoms with E-state index in [0.717, 1.165) is 5.75 Å². The van der Waals surface area contributed by atoms with Crippen molar-refractivity contribution in [2.24, 2.45) is 0 Å². The second-order valence-corrected chi connectivity index (χ2v) is 3.51. The number of hydrogen-bond donors (Lipinski definition) is 1. The average Bonchev–Trinajstić information content (AvgIpc) is 2.29. The van der Waals surface area contributed by atoms with Crippen molar-refractivity contribution in [3.63, 3.8) is 0 Å². The summed E-state index contributed by atoms with van der Waals surface area (Å²) in [6.45, 7) is 2.61. The molecule has 1 rings (SSSR count). The fraction of sp³-hybridized carbons (Fsp3) is 0.333. The minimum absolute atomic E-state index is 0.331. The first kappa shape index (κ1) is 12.1. The number of halogens is 1. The quantitative estimate of drug-likeness (QED) is 0.832. The second-order valence-electron chi connectivity index (χ2n) is 3.26. The highest BCUT2D eigenvalue weighted by atomic mass is 35.5. The SMILES string of the molecule is CNC(C)c1cccc(OC/C=C/Cl)c1. The van der Waals surface area contributed by atoms with Gasteiger partial charge in [0.05, 0.1) is 0 Å². The van der Waals surface area contributed by atoms with Gasteiger partial charge in [0.25, 0.3) is 0 Å². The Kier molecular flexibility index (Phi) is 5.22. The van der Waals surface area contributed by atoms with Gasteiger partial charge in [0.15, 0.2) is 0 Å². The Labute approximate surface area is 95.9 Å². The first-order chi connectivity index (χ1) is 7.27. The lowest BCUT2D eigenvalue weighted by atomic mass is 10.1. The van der Waals surface area contributed by atoms with E-state index in [1.807, 2.05) is 25.2 Å². The van der Waals surface area contributed by atoms with E-state index in [9.17, 15) is 0 Å². The van der Waals surface area contributed by atoms with Gasteiger partial charge in [-0.1, -0.05) is 23.7 Å². The van der Waals surface area contributed by atoms with Gasteiger partial charge in [-0.15, -0.1) is 0 Å². The van der Waals surface area contributed by atoms with Gasteiger partial charge in [0.2, 0.25) is 0 Å². The molecule has 0 saturated carbocycles. The van der Waals surface area contributed by atoms with Crippen molar-refractivity contribution in [2.45, 2.75) is 13.0 Å². The Morgan fingerprint density at radius 2 is 2.33 bits per heavy atom. The number of nitrogens with one attached hydrogen (secondary N) is 1. The van der Waals surface area contributed by atoms with Crippen LogP contribution in [0.1, 0.15) is 18.5 Å². The number of hydrogen-bond acceptors (Lipinski definition) is 2. The van der Waals surface area contributed by atoms with Gasteiger partial charge in [-0.3, -0.25) is 0 Å². The van der Waals surface area contributed by atoms with Crippen LogP contribution in [0.25, 0.3) is 0 Å². The molecule has 2 nitrogen and oxygen atoms in total. The molecule has 0 aromatic heterocycles. The van der Waals surface area contributed by atoms with Crippen LogP contribution in [-0.2, 0) is 0 Å². The molecule has 0 saturated heterocycles. The smallest absolute Gasteiger partial charge is 0.120 e. The summed E-state index contributed by atoms with van der Waals surface area (Å²) in [5, 5.41) is 3.19. The fourth-order valence-corrected chi connectivity index (χ4v) is 1.29. The third-order valence-electron chi connectivity index (χ3n) is 2.23. The summed E-state index contributed by atoms with van der Waals surface area (Å²) in [4.78, 5) is 0. The molecular formula is C12H16ClNO. The molecule has 0 aliphatic rings. The molecule has 1 N–H and O–H groups in total. The number of ether oxygens (including phenoxy) is 1. The zero-order valence-electron chi connectivity index (χ0n) is 9.03. The van der Waals surface area contributed by atoms with E-state index in [4.69, 9.17) is 16.3 Å². The van der Waals surface area contributed by atoms with Crippen molar-refractivity contribution in [1.82, 2.24) is 5.32 Å². The van der Waals surface area contributed by atoms with E-state index in [1.165, 1.54) is 11.1 Å². The predicted octanol–water partition coefficient (Wildman–Crippen LogP) is 3.10. The zero-order chi connectivity index (χ0) is 11.1. The lowest BCUT2D eigenvalue weighted by molar-refractivity contribution is 0.362. The van der Waals surface area contributed by atoms with Crippen molar-refractivity contribution in [3.05, 3.63) is 41.4 Å². The molecule has 0 radical (unpaired) electrons. The lowest BCUT2D eigenvalue weighted by Gasteiger charge is -2.12. The van der Waals surface area contributed by atoms with Gasteiger partial charge in [-0.05, 0) is 37.7 Å². The van der Waals surface area contributed by atoms with Crippen molar-refractivity contribution in [1.29, 1.82) is 0 Å². The van der Waals surface area contributed by atoms with E-state index in [2.05, 4.69) is 18.3 Å². The highest BCUT2D eigenvalue weighted by Gasteiger charge is 2.02. The summed E-state index contributed by atoms with van der Waals surface area (Å²) < 4.78 is 5.48. The third kappa shape index (κ3) is 3.94. The Morgan fingerprint density at radius 3 is 3.00 bits per heavy atom. The highest BCUT2D eigenvalue weighted by Crippen LogP contribution is 2.18. The minimum atomic E-state index is 0.331. The van der Waals surface area contributed by atoms with Crippen LogP contribution in [0.5, 0.6) is 5.75 Å². The van der Waals surface area contributed by atoms with Crippen LogP contribution in [0.3, 0.4) is 0 Å². The molecule has 1 aromatic rings. The van der Waals surface area contributed by atoms with Crippen molar-refractivity contribution < 1.29 is 4.74 Å². The molecule has 0 spiro atoms. The molecule has 3 heteroatoms. The van der Waals surface area contributed by atoms with Crippen molar-refractivity contribution >= 4 is 11.6 Å². The number of benzene rings is 1. The molecule has 82 valence electrons. The van der Waals surface area contributed by atoms with Crippen molar-refractivity contribution in [3.8, 4) is 5.75 Å². The summed E-state index contributed by atoms with van der Waals surface area (Å²) in [6, 6.07) is 8.36. The standard InChI is InChI=1S/C12H16ClNO/c1-10(14-2)11-5-3-6-12(9-11)15-8-4-7-13/h3-7,9-10,14H,8H2,1-2H3/b7-4+. The monoisotopic (exact) mass is 225 g/mol. The first-order valence-electron chi connectivity index (χ1n) is 4.93. The van der Waals surface area contributed by atoms with Gasteiger partial charge in [0, 0.05) is 11.6 Å². The summed E-state index contributed by atoms with van der Waals surface area (Å²) in [5.41, 5.74) is 2.67. The summed E-state index contributed by atoms with van der Waals surface area (Å²) in [5.74, 6) is 0.865. The molecule has 1 atom stereocenters. The molecule has 1 unspecified atom stereocenters. The summed E-state index contributed by atoms with van der Waals surface area (Å²) in [7, 11) is 1.94. The molecule has 0 fully saturated rings. The number of rotatable bonds is 5. The zero-order valence-corrected chi connectivity index (χ0v) is 9.79. The van der Waals surface area contributed by atoms with Crippen LogP contribution in [0.2, 0.25) is 0 Å². The van der Waals surface area contributed by atoms with Crippen LogP contribution in [0.4, 0.5) is 0 Å². The van der Waals surface area contributed by atoms with E-state index in [-0.39, 0.29) is 0 Å². The molecular weight excluding hydrogens is 210 g/mol. The van der Waals surface area contributed by atoms with Gasteiger partial charge in [-0.2, -0.15) is 0 Å². The van der Waals surface area contributed by atoms with Crippen LogP contribution in [0.15, 0.2) is 35.9 Å². The molecule has 1 aromatic carbocycles. The minimum Gasteiger partial charge on any atom is -0.489 e. The van der Waals surface area contributed by atoms with E-state index in [0.29, 0.717) is 12.6 Å². The molecule has 0 amide bonds. The fourth-order valence-electron chi connectivity index (χ4n) is 1.22. The highest BCUT2D eigenvalue weighted by molar-refractivity contribution is 6.25. The van der Waals surface area contributed by atoms with E-state index >= 15 is 0 Å². The second kappa shape index (κ2) is 6.49. The van der Waals surface area contributed by atoms with Gasteiger partial charge >= 0.3 is 0 Å². The lowest BCUT2D eigenvalue weighted by Crippen LogP contribution is -2.12. The maximum Gasteiger partial charge on any atom is 0.120 e. The Balaban J connectivity index is 2.65. The summed E-state index contributed by atoms with van der Waals surface area (Å²) in [6.07, 6.45) is 1.76. The van der Waals surface area contributed by atoms with Gasteiger partial charge in [-0.25, -0.2) is 0 Å². The molecule has 0 bridgehead atoms. The van der Waals surface area contributed by atoms with Gasteiger partial charge in [0.1, 0.15) is 12.4 Å². The molecule has 15 heavy (non-hydrogen) atoms. The van der Waals surface area contributed by atoms with E-state index in [1.54, 1.807) is 6.08 Å². The molecule has 0 aliphatic carbocycles. The maximum absolute atomic E-state index is 5.48. The average molecular weight is 226 g/mol. The molecule has 0 heterocycles. The molecule has 0 aliphatic heterocycles. The van der Waals surface area contributed by atoms with Crippen LogP contribution in [-0.4, -0.2) is 13.7 Å². The Bertz CT molecular complexity index is 325. The summed E-state index contributed by atoms with van der Waals surface area (Å²) >= 11 is 5.40.